The van der Waals surface area contributed by atoms with Gasteiger partial charge < -0.3 is 11.1 Å². The molecule has 0 bridgehead atoms. The molecule has 1 aliphatic rings. The van der Waals surface area contributed by atoms with Crippen LogP contribution in [0, 0.1) is 11.2 Å². The largest absolute Gasteiger partial charge is 0.377 e. The van der Waals surface area contributed by atoms with E-state index in [0.29, 0.717) is 6.54 Å². The van der Waals surface area contributed by atoms with Crippen molar-refractivity contribution in [3.8, 4) is 0 Å². The molecule has 1 aromatic rings. The lowest BCUT2D eigenvalue weighted by atomic mass is 9.79. The molecular formula is C14H21FN2S. The Morgan fingerprint density at radius 1 is 1.28 bits per heavy atom. The molecule has 0 aromatic heterocycles. The first-order valence-corrected chi connectivity index (χ1v) is 7.42. The van der Waals surface area contributed by atoms with Crippen LogP contribution in [0.4, 0.5) is 10.1 Å². The Morgan fingerprint density at radius 2 is 1.94 bits per heavy atom. The minimum absolute atomic E-state index is 0.0791. The highest BCUT2D eigenvalue weighted by Crippen LogP contribution is 2.40. The van der Waals surface area contributed by atoms with Gasteiger partial charge in [-0.15, -0.1) is 0 Å². The summed E-state index contributed by atoms with van der Waals surface area (Å²) in [5.74, 6) is 1.96. The lowest BCUT2D eigenvalue weighted by Crippen LogP contribution is -2.53. The zero-order chi connectivity index (χ0) is 13.2. The van der Waals surface area contributed by atoms with Crippen molar-refractivity contribution in [3.63, 3.8) is 0 Å². The van der Waals surface area contributed by atoms with E-state index in [1.807, 2.05) is 11.8 Å². The predicted octanol–water partition coefficient (Wildman–Crippen LogP) is 3.10. The number of rotatable bonds is 3. The third-order valence-corrected chi connectivity index (χ3v) is 5.07. The summed E-state index contributed by atoms with van der Waals surface area (Å²) in [6.45, 7) is 5.15. The standard InChI is InChI=1S/C14H21FN2S/c1-13(2)7-14(8-16,10-18-9-13)17-12-5-3-11(15)4-6-12/h3-6,17H,7-10,16H2,1-2H3. The molecule has 18 heavy (non-hydrogen) atoms. The lowest BCUT2D eigenvalue weighted by Gasteiger charge is -2.45. The van der Waals surface area contributed by atoms with Gasteiger partial charge in [0.1, 0.15) is 5.82 Å². The molecule has 1 fully saturated rings. The molecule has 0 saturated carbocycles. The van der Waals surface area contributed by atoms with Crippen molar-refractivity contribution in [3.05, 3.63) is 30.1 Å². The molecule has 0 amide bonds. The molecule has 2 rings (SSSR count). The molecule has 1 aliphatic heterocycles. The van der Waals surface area contributed by atoms with Gasteiger partial charge in [0.2, 0.25) is 0 Å². The van der Waals surface area contributed by atoms with Crippen LogP contribution in [0.1, 0.15) is 20.3 Å². The van der Waals surface area contributed by atoms with Gasteiger partial charge in [0.05, 0.1) is 5.54 Å². The summed E-state index contributed by atoms with van der Waals surface area (Å²) in [5.41, 5.74) is 7.14. The minimum atomic E-state index is -0.208. The number of nitrogens with two attached hydrogens (primary N) is 1. The van der Waals surface area contributed by atoms with Crippen LogP contribution in [-0.2, 0) is 0 Å². The lowest BCUT2D eigenvalue weighted by molar-refractivity contribution is 0.290. The Bertz CT molecular complexity index is 405. The highest BCUT2D eigenvalue weighted by molar-refractivity contribution is 7.99. The van der Waals surface area contributed by atoms with Gasteiger partial charge in [-0.05, 0) is 41.9 Å². The fourth-order valence-corrected chi connectivity index (χ4v) is 4.08. The molecule has 0 radical (unpaired) electrons. The number of benzene rings is 1. The van der Waals surface area contributed by atoms with Crippen LogP contribution in [-0.4, -0.2) is 23.6 Å². The van der Waals surface area contributed by atoms with Gasteiger partial charge in [-0.2, -0.15) is 11.8 Å². The quantitative estimate of drug-likeness (QED) is 0.884. The van der Waals surface area contributed by atoms with Crippen LogP contribution >= 0.6 is 11.8 Å². The molecule has 100 valence electrons. The van der Waals surface area contributed by atoms with Crippen molar-refractivity contribution in [2.75, 3.05) is 23.4 Å². The smallest absolute Gasteiger partial charge is 0.123 e. The molecule has 3 N–H and O–H groups in total. The third kappa shape index (κ3) is 3.18. The van der Waals surface area contributed by atoms with E-state index < -0.39 is 0 Å². The highest BCUT2D eigenvalue weighted by Gasteiger charge is 2.39. The van der Waals surface area contributed by atoms with E-state index in [4.69, 9.17) is 5.73 Å². The predicted molar refractivity (Wildman–Crippen MR) is 77.5 cm³/mol. The number of hydrogen-bond acceptors (Lipinski definition) is 3. The summed E-state index contributed by atoms with van der Waals surface area (Å²) >= 11 is 1.94. The van der Waals surface area contributed by atoms with E-state index in [1.165, 1.54) is 17.9 Å². The van der Waals surface area contributed by atoms with Gasteiger partial charge in [0.15, 0.2) is 0 Å². The average molecular weight is 268 g/mol. The second kappa shape index (κ2) is 5.10. The van der Waals surface area contributed by atoms with E-state index >= 15 is 0 Å². The van der Waals surface area contributed by atoms with E-state index in [0.717, 1.165) is 17.9 Å². The number of halogens is 1. The van der Waals surface area contributed by atoms with Gasteiger partial charge in [0, 0.05) is 18.0 Å². The summed E-state index contributed by atoms with van der Waals surface area (Å²) in [4.78, 5) is 0. The average Bonchev–Trinajstić information content (AvgIpc) is 2.31. The molecule has 0 aliphatic carbocycles. The van der Waals surface area contributed by atoms with E-state index in [1.54, 1.807) is 12.1 Å². The molecule has 4 heteroatoms. The van der Waals surface area contributed by atoms with Gasteiger partial charge in [-0.1, -0.05) is 13.8 Å². The maximum atomic E-state index is 12.9. The van der Waals surface area contributed by atoms with E-state index in [-0.39, 0.29) is 16.8 Å². The van der Waals surface area contributed by atoms with Crippen LogP contribution in [0.25, 0.3) is 0 Å². The summed E-state index contributed by atoms with van der Waals surface area (Å²) in [7, 11) is 0. The second-order valence-corrected chi connectivity index (χ2v) is 6.94. The van der Waals surface area contributed by atoms with Crippen molar-refractivity contribution in [2.24, 2.45) is 11.1 Å². The second-order valence-electron chi connectivity index (χ2n) is 5.95. The van der Waals surface area contributed by atoms with Crippen molar-refractivity contribution < 1.29 is 4.39 Å². The molecule has 1 aromatic carbocycles. The normalized spacial score (nSPS) is 26.9. The first-order valence-electron chi connectivity index (χ1n) is 6.26. The first-order chi connectivity index (χ1) is 8.45. The first kappa shape index (κ1) is 13.7. The Hall–Kier alpha value is -0.740. The molecule has 1 atom stereocenters. The summed E-state index contributed by atoms with van der Waals surface area (Å²) in [5, 5.41) is 3.51. The van der Waals surface area contributed by atoms with Crippen molar-refractivity contribution in [2.45, 2.75) is 25.8 Å². The fraction of sp³-hybridized carbons (Fsp3) is 0.571. The SMILES string of the molecule is CC1(C)CSCC(CN)(Nc2ccc(F)cc2)C1. The molecule has 1 heterocycles. The Kier molecular flexibility index (Phi) is 3.87. The van der Waals surface area contributed by atoms with Crippen molar-refractivity contribution in [1.29, 1.82) is 0 Å². The molecule has 2 nitrogen and oxygen atoms in total. The molecule has 0 spiro atoms. The summed E-state index contributed by atoms with van der Waals surface area (Å²) in [6.07, 6.45) is 1.04. The Labute approximate surface area is 113 Å². The maximum absolute atomic E-state index is 12.9. The monoisotopic (exact) mass is 268 g/mol. The number of thioether (sulfide) groups is 1. The molecule has 1 saturated heterocycles. The molecule has 1 unspecified atom stereocenters. The Balaban J connectivity index is 2.15. The number of hydrogen-bond donors (Lipinski definition) is 2. The zero-order valence-electron chi connectivity index (χ0n) is 11.0. The van der Waals surface area contributed by atoms with Gasteiger partial charge in [-0.3, -0.25) is 0 Å². The number of nitrogens with one attached hydrogen (secondary N) is 1. The van der Waals surface area contributed by atoms with Crippen LogP contribution in [0.5, 0.6) is 0 Å². The topological polar surface area (TPSA) is 38.0 Å². The van der Waals surface area contributed by atoms with Crippen LogP contribution in [0.2, 0.25) is 0 Å². The zero-order valence-corrected chi connectivity index (χ0v) is 11.8. The Morgan fingerprint density at radius 3 is 2.50 bits per heavy atom. The third-order valence-electron chi connectivity index (χ3n) is 3.33. The van der Waals surface area contributed by atoms with Crippen LogP contribution in [0.15, 0.2) is 24.3 Å². The summed E-state index contributed by atoms with van der Waals surface area (Å²) in [6, 6.07) is 6.51. The van der Waals surface area contributed by atoms with Crippen molar-refractivity contribution in [1.82, 2.24) is 0 Å². The van der Waals surface area contributed by atoms with Gasteiger partial charge >= 0.3 is 0 Å². The van der Waals surface area contributed by atoms with Crippen molar-refractivity contribution >= 4 is 17.4 Å². The maximum Gasteiger partial charge on any atom is 0.123 e. The highest BCUT2D eigenvalue weighted by atomic mass is 32.2. The number of anilines is 1. The van der Waals surface area contributed by atoms with Crippen LogP contribution in [0.3, 0.4) is 0 Å². The van der Waals surface area contributed by atoms with Gasteiger partial charge in [0.25, 0.3) is 0 Å². The van der Waals surface area contributed by atoms with E-state index in [2.05, 4.69) is 19.2 Å². The van der Waals surface area contributed by atoms with Gasteiger partial charge in [-0.25, -0.2) is 4.39 Å². The molecular weight excluding hydrogens is 247 g/mol. The van der Waals surface area contributed by atoms with Crippen LogP contribution < -0.4 is 11.1 Å². The summed E-state index contributed by atoms with van der Waals surface area (Å²) < 4.78 is 12.9. The van der Waals surface area contributed by atoms with E-state index in [9.17, 15) is 4.39 Å². The minimum Gasteiger partial charge on any atom is -0.377 e. The fourth-order valence-electron chi connectivity index (χ4n) is 2.64.